The zero-order chi connectivity index (χ0) is 12.0. The molecule has 0 aromatic carbocycles. The number of aryl methyl sites for hydroxylation is 1. The number of methoxy groups -OCH3 is 1. The van der Waals surface area contributed by atoms with Gasteiger partial charge in [-0.15, -0.1) is 0 Å². The van der Waals surface area contributed by atoms with Crippen molar-refractivity contribution in [3.05, 3.63) is 10.8 Å². The molecule has 1 N–H and O–H groups in total. The molecule has 0 radical (unpaired) electrons. The predicted molar refractivity (Wildman–Crippen MR) is 64.4 cm³/mol. The molecule has 2 heterocycles. The number of aromatic amines is 1. The average molecular weight is 251 g/mol. The van der Waals surface area contributed by atoms with E-state index in [1.807, 2.05) is 17.7 Å². The summed E-state index contributed by atoms with van der Waals surface area (Å²) in [7, 11) is 3.46. The van der Waals surface area contributed by atoms with E-state index in [1.54, 1.807) is 11.8 Å². The van der Waals surface area contributed by atoms with E-state index in [0.717, 1.165) is 24.4 Å². The molecule has 6 nitrogen and oxygen atoms in total. The van der Waals surface area contributed by atoms with E-state index in [0.29, 0.717) is 16.7 Å². The van der Waals surface area contributed by atoms with Crippen LogP contribution in [0.2, 0.25) is 0 Å². The number of nitrogens with zero attached hydrogens (tertiary/aromatic N) is 4. The Morgan fingerprint density at radius 2 is 2.29 bits per heavy atom. The highest BCUT2D eigenvalue weighted by molar-refractivity contribution is 7.71. The predicted octanol–water partition coefficient (Wildman–Crippen LogP) is 1.68. The molecule has 7 heteroatoms. The molecule has 2 aromatic heterocycles. The minimum atomic E-state index is 0.476. The van der Waals surface area contributed by atoms with Gasteiger partial charge in [-0.2, -0.15) is 10.2 Å². The minimum absolute atomic E-state index is 0.476. The first kappa shape index (κ1) is 10.5. The van der Waals surface area contributed by atoms with Gasteiger partial charge in [0.05, 0.1) is 7.11 Å². The molecule has 0 spiro atoms. The summed E-state index contributed by atoms with van der Waals surface area (Å²) in [6, 6.07) is 2.34. The van der Waals surface area contributed by atoms with Crippen molar-refractivity contribution >= 4 is 12.2 Å². The standard InChI is InChI=1S/C10H13N5OS/c1-14-8(16-2)5-7(13-14)9-11-12-10(17)15(9)6-3-4-6/h5-6H,3-4H2,1-2H3,(H,12,17). The van der Waals surface area contributed by atoms with E-state index < -0.39 is 0 Å². The topological polar surface area (TPSA) is 60.7 Å². The van der Waals surface area contributed by atoms with Gasteiger partial charge in [0.15, 0.2) is 10.6 Å². The third-order valence-electron chi connectivity index (χ3n) is 2.89. The lowest BCUT2D eigenvalue weighted by Gasteiger charge is -2.00. The molecule has 2 aromatic rings. The summed E-state index contributed by atoms with van der Waals surface area (Å²) >= 11 is 5.24. The largest absolute Gasteiger partial charge is 0.481 e. The fraction of sp³-hybridized carbons (Fsp3) is 0.500. The van der Waals surface area contributed by atoms with Crippen molar-refractivity contribution in [1.82, 2.24) is 24.5 Å². The Hall–Kier alpha value is -1.63. The fourth-order valence-electron chi connectivity index (χ4n) is 1.91. The van der Waals surface area contributed by atoms with Crippen molar-refractivity contribution in [3.63, 3.8) is 0 Å². The maximum absolute atomic E-state index is 5.24. The lowest BCUT2D eigenvalue weighted by Crippen LogP contribution is -1.99. The first-order valence-electron chi connectivity index (χ1n) is 5.46. The molecule has 0 atom stereocenters. The molecule has 90 valence electrons. The van der Waals surface area contributed by atoms with E-state index >= 15 is 0 Å². The maximum Gasteiger partial charge on any atom is 0.211 e. The Morgan fingerprint density at radius 1 is 1.53 bits per heavy atom. The molecule has 1 saturated carbocycles. The normalized spacial score (nSPS) is 15.2. The molecule has 0 aliphatic heterocycles. The van der Waals surface area contributed by atoms with Gasteiger partial charge in [-0.1, -0.05) is 0 Å². The Labute approximate surface area is 103 Å². The number of ether oxygens (including phenoxy) is 1. The molecule has 1 aliphatic carbocycles. The van der Waals surface area contributed by atoms with Crippen LogP contribution in [-0.2, 0) is 7.05 Å². The first-order valence-corrected chi connectivity index (χ1v) is 5.87. The number of nitrogens with one attached hydrogen (secondary N) is 1. The minimum Gasteiger partial charge on any atom is -0.481 e. The van der Waals surface area contributed by atoms with Crippen molar-refractivity contribution in [2.24, 2.45) is 7.05 Å². The van der Waals surface area contributed by atoms with Crippen molar-refractivity contribution in [2.75, 3.05) is 7.11 Å². The number of aromatic nitrogens is 5. The number of H-pyrrole nitrogens is 1. The Bertz CT molecular complexity index is 606. The van der Waals surface area contributed by atoms with Crippen molar-refractivity contribution < 1.29 is 4.74 Å². The molecule has 17 heavy (non-hydrogen) atoms. The van der Waals surface area contributed by atoms with E-state index in [9.17, 15) is 0 Å². The molecule has 3 rings (SSSR count). The van der Waals surface area contributed by atoms with Crippen LogP contribution in [0.5, 0.6) is 5.88 Å². The highest BCUT2D eigenvalue weighted by Crippen LogP contribution is 2.38. The summed E-state index contributed by atoms with van der Waals surface area (Å²) in [6.45, 7) is 0. The number of hydrogen-bond donors (Lipinski definition) is 1. The average Bonchev–Trinajstić information content (AvgIpc) is 2.97. The molecule has 1 fully saturated rings. The SMILES string of the molecule is COc1cc(-c2n[nH]c(=S)n2C2CC2)nn1C. The smallest absolute Gasteiger partial charge is 0.211 e. The van der Waals surface area contributed by atoms with Gasteiger partial charge in [0.2, 0.25) is 5.88 Å². The third kappa shape index (κ3) is 1.66. The van der Waals surface area contributed by atoms with Gasteiger partial charge in [-0.05, 0) is 25.1 Å². The number of rotatable bonds is 3. The number of hydrogen-bond acceptors (Lipinski definition) is 4. The van der Waals surface area contributed by atoms with Gasteiger partial charge in [-0.25, -0.2) is 4.68 Å². The third-order valence-corrected chi connectivity index (χ3v) is 3.18. The zero-order valence-electron chi connectivity index (χ0n) is 9.67. The molecule has 0 saturated heterocycles. The van der Waals surface area contributed by atoms with Crippen molar-refractivity contribution in [3.8, 4) is 17.4 Å². The van der Waals surface area contributed by atoms with Crippen LogP contribution in [0, 0.1) is 4.77 Å². The molecule has 0 bridgehead atoms. The molecular weight excluding hydrogens is 238 g/mol. The zero-order valence-corrected chi connectivity index (χ0v) is 10.5. The van der Waals surface area contributed by atoms with Crippen LogP contribution in [0.25, 0.3) is 11.5 Å². The van der Waals surface area contributed by atoms with Gasteiger partial charge < -0.3 is 4.74 Å². The van der Waals surface area contributed by atoms with E-state index in [2.05, 4.69) is 15.3 Å². The summed E-state index contributed by atoms with van der Waals surface area (Å²) in [5.41, 5.74) is 0.781. The molecule has 0 unspecified atom stereocenters. The second-order valence-corrected chi connectivity index (χ2v) is 4.54. The van der Waals surface area contributed by atoms with E-state index in [1.165, 1.54) is 0 Å². The van der Waals surface area contributed by atoms with E-state index in [4.69, 9.17) is 17.0 Å². The Morgan fingerprint density at radius 3 is 2.88 bits per heavy atom. The van der Waals surface area contributed by atoms with Gasteiger partial charge >= 0.3 is 0 Å². The van der Waals surface area contributed by atoms with Crippen LogP contribution in [0.4, 0.5) is 0 Å². The van der Waals surface area contributed by atoms with Crippen molar-refractivity contribution in [1.29, 1.82) is 0 Å². The highest BCUT2D eigenvalue weighted by atomic mass is 32.1. The van der Waals surface area contributed by atoms with Gasteiger partial charge in [0.1, 0.15) is 5.69 Å². The quantitative estimate of drug-likeness (QED) is 0.843. The van der Waals surface area contributed by atoms with Crippen molar-refractivity contribution in [2.45, 2.75) is 18.9 Å². The lowest BCUT2D eigenvalue weighted by molar-refractivity contribution is 0.373. The summed E-state index contributed by atoms with van der Waals surface area (Å²) in [5, 5.41) is 11.5. The lowest BCUT2D eigenvalue weighted by atomic mass is 10.4. The highest BCUT2D eigenvalue weighted by Gasteiger charge is 2.28. The maximum atomic E-state index is 5.24. The second kappa shape index (κ2) is 3.69. The first-order chi connectivity index (χ1) is 8.20. The summed E-state index contributed by atoms with van der Waals surface area (Å²) < 4.78 is 9.58. The van der Waals surface area contributed by atoms with Crippen LogP contribution in [0.1, 0.15) is 18.9 Å². The Kier molecular flexibility index (Phi) is 2.29. The van der Waals surface area contributed by atoms with E-state index in [-0.39, 0.29) is 0 Å². The molecule has 0 amide bonds. The van der Waals surface area contributed by atoms with Gasteiger partial charge in [-0.3, -0.25) is 9.67 Å². The van der Waals surface area contributed by atoms with Crippen LogP contribution in [0.15, 0.2) is 6.07 Å². The summed E-state index contributed by atoms with van der Waals surface area (Å²) in [6.07, 6.45) is 2.32. The fourth-order valence-corrected chi connectivity index (χ4v) is 2.19. The monoisotopic (exact) mass is 251 g/mol. The molecule has 1 aliphatic rings. The van der Waals surface area contributed by atoms with Crippen LogP contribution >= 0.6 is 12.2 Å². The van der Waals surface area contributed by atoms with Gasteiger partial charge in [0.25, 0.3) is 0 Å². The summed E-state index contributed by atoms with van der Waals surface area (Å²) in [4.78, 5) is 0. The van der Waals surface area contributed by atoms with Crippen LogP contribution in [0.3, 0.4) is 0 Å². The second-order valence-electron chi connectivity index (χ2n) is 4.15. The van der Waals surface area contributed by atoms with Gasteiger partial charge in [0, 0.05) is 19.2 Å². The van der Waals surface area contributed by atoms with Crippen LogP contribution < -0.4 is 4.74 Å². The Balaban J connectivity index is 2.11. The summed E-state index contributed by atoms with van der Waals surface area (Å²) in [5.74, 6) is 1.49. The van der Waals surface area contributed by atoms with Crippen LogP contribution in [-0.4, -0.2) is 31.7 Å². The molecular formula is C10H13N5OS.